The molecule has 9 heteroatoms. The number of aryl methyl sites for hydroxylation is 1. The van der Waals surface area contributed by atoms with Crippen LogP contribution < -0.4 is 19.9 Å². The van der Waals surface area contributed by atoms with Gasteiger partial charge in [-0.25, -0.2) is 4.79 Å². The summed E-state index contributed by atoms with van der Waals surface area (Å²) in [5.74, 6) is 0.903. The molecule has 0 fully saturated rings. The van der Waals surface area contributed by atoms with Gasteiger partial charge in [0, 0.05) is 30.8 Å². The summed E-state index contributed by atoms with van der Waals surface area (Å²) < 4.78 is 16.0. The van der Waals surface area contributed by atoms with Crippen LogP contribution in [0.4, 0.5) is 4.79 Å². The molecule has 0 atom stereocenters. The highest BCUT2D eigenvalue weighted by Crippen LogP contribution is 2.33. The molecule has 36 heavy (non-hydrogen) atoms. The zero-order valence-electron chi connectivity index (χ0n) is 20.2. The van der Waals surface area contributed by atoms with Crippen molar-refractivity contribution in [2.24, 2.45) is 5.73 Å². The summed E-state index contributed by atoms with van der Waals surface area (Å²) in [7, 11) is 3.17. The number of likely N-dealkylation sites (N-methyl/N-ethyl adjacent to an activating group) is 1. The molecule has 0 spiro atoms. The summed E-state index contributed by atoms with van der Waals surface area (Å²) in [5.41, 5.74) is 8.42. The molecule has 0 aliphatic carbocycles. The molecule has 0 aliphatic rings. The van der Waals surface area contributed by atoms with Gasteiger partial charge in [-0.3, -0.25) is 4.79 Å². The van der Waals surface area contributed by atoms with E-state index < -0.39 is 6.09 Å². The molecule has 0 aromatic heterocycles. The van der Waals surface area contributed by atoms with Crippen molar-refractivity contribution < 1.29 is 28.9 Å². The number of nitrogens with zero attached hydrogens (tertiary/aromatic N) is 1. The maximum Gasteiger partial charge on any atom is 0.409 e. The van der Waals surface area contributed by atoms with E-state index >= 15 is 0 Å². The standard InChI is InChI=1S/C27H29ClN2O6/c1-30(26(32)17-35-25-15-23(34-2)20(16-31)14-22(25)28)12-6-7-18-10-11-21(19-8-4-3-5-9-19)24(13-18)36-27(29)33/h3-5,8-11,13-15,31H,6-7,12,16-17H2,1-2H3,(H2,29,33). The molecule has 190 valence electrons. The molecule has 2 amide bonds. The zero-order chi connectivity index (χ0) is 26.1. The topological polar surface area (TPSA) is 111 Å². The van der Waals surface area contributed by atoms with Gasteiger partial charge in [-0.2, -0.15) is 0 Å². The lowest BCUT2D eigenvalue weighted by atomic mass is 10.0. The molecule has 0 aliphatic heterocycles. The Balaban J connectivity index is 1.56. The Kier molecular flexibility index (Phi) is 9.55. The number of methoxy groups -OCH3 is 1. The Morgan fingerprint density at radius 2 is 1.78 bits per heavy atom. The highest BCUT2D eigenvalue weighted by Gasteiger charge is 2.15. The SMILES string of the molecule is COc1cc(OCC(=O)N(C)CCCc2ccc(-c3ccccc3)c(OC(N)=O)c2)c(Cl)cc1CO. The largest absolute Gasteiger partial charge is 0.496 e. The van der Waals surface area contributed by atoms with Crippen molar-refractivity contribution in [2.75, 3.05) is 27.3 Å². The fourth-order valence-electron chi connectivity index (χ4n) is 3.67. The van der Waals surface area contributed by atoms with E-state index in [9.17, 15) is 14.7 Å². The van der Waals surface area contributed by atoms with Gasteiger partial charge in [-0.15, -0.1) is 0 Å². The average Bonchev–Trinajstić information content (AvgIpc) is 2.87. The third-order valence-electron chi connectivity index (χ3n) is 5.58. The van der Waals surface area contributed by atoms with Crippen molar-refractivity contribution in [1.82, 2.24) is 4.90 Å². The van der Waals surface area contributed by atoms with Crippen molar-refractivity contribution in [1.29, 1.82) is 0 Å². The minimum Gasteiger partial charge on any atom is -0.496 e. The van der Waals surface area contributed by atoms with E-state index in [0.717, 1.165) is 16.7 Å². The van der Waals surface area contributed by atoms with Crippen LogP contribution in [0.15, 0.2) is 60.7 Å². The van der Waals surface area contributed by atoms with Crippen LogP contribution in [-0.2, 0) is 17.8 Å². The second-order valence-corrected chi connectivity index (χ2v) is 8.48. The number of hydrogen-bond donors (Lipinski definition) is 2. The quantitative estimate of drug-likeness (QED) is 0.393. The number of aliphatic hydroxyl groups excluding tert-OH is 1. The fourth-order valence-corrected chi connectivity index (χ4v) is 3.91. The summed E-state index contributed by atoms with van der Waals surface area (Å²) >= 11 is 6.19. The number of benzene rings is 3. The van der Waals surface area contributed by atoms with Gasteiger partial charge < -0.3 is 30.0 Å². The Bertz CT molecular complexity index is 1200. The molecular weight excluding hydrogens is 484 g/mol. The van der Waals surface area contributed by atoms with Crippen molar-refractivity contribution in [3.05, 3.63) is 76.8 Å². The first kappa shape index (κ1) is 26.8. The first-order valence-electron chi connectivity index (χ1n) is 11.3. The molecule has 3 aromatic carbocycles. The number of primary amides is 1. The Labute approximate surface area is 215 Å². The van der Waals surface area contributed by atoms with Gasteiger partial charge in [0.05, 0.1) is 18.7 Å². The number of rotatable bonds is 11. The number of nitrogens with two attached hydrogens (primary N) is 1. The van der Waals surface area contributed by atoms with E-state index in [2.05, 4.69) is 0 Å². The zero-order valence-corrected chi connectivity index (χ0v) is 21.0. The second kappa shape index (κ2) is 12.8. The van der Waals surface area contributed by atoms with Gasteiger partial charge in [0.15, 0.2) is 6.61 Å². The van der Waals surface area contributed by atoms with Crippen molar-refractivity contribution in [3.8, 4) is 28.4 Å². The number of carbonyl (C=O) groups is 2. The smallest absolute Gasteiger partial charge is 0.409 e. The minimum absolute atomic E-state index is 0.194. The molecular formula is C27H29ClN2O6. The molecule has 0 saturated heterocycles. The maximum atomic E-state index is 12.5. The third-order valence-corrected chi connectivity index (χ3v) is 5.88. The monoisotopic (exact) mass is 512 g/mol. The Morgan fingerprint density at radius 1 is 1.03 bits per heavy atom. The molecule has 0 bridgehead atoms. The summed E-state index contributed by atoms with van der Waals surface area (Å²) in [6.45, 7) is 0.0747. The molecule has 0 radical (unpaired) electrons. The van der Waals surface area contributed by atoms with E-state index in [1.807, 2.05) is 42.5 Å². The van der Waals surface area contributed by atoms with E-state index in [1.54, 1.807) is 30.1 Å². The summed E-state index contributed by atoms with van der Waals surface area (Å²) in [6.07, 6.45) is 0.468. The lowest BCUT2D eigenvalue weighted by Gasteiger charge is -2.18. The van der Waals surface area contributed by atoms with Crippen molar-refractivity contribution in [2.45, 2.75) is 19.4 Å². The van der Waals surface area contributed by atoms with Gasteiger partial charge in [-0.05, 0) is 36.1 Å². The Morgan fingerprint density at radius 3 is 2.44 bits per heavy atom. The van der Waals surface area contributed by atoms with Gasteiger partial charge in [0.1, 0.15) is 17.2 Å². The van der Waals surface area contributed by atoms with Crippen LogP contribution in [-0.4, -0.2) is 49.3 Å². The Hall–Kier alpha value is -3.75. The molecule has 3 aromatic rings. The van der Waals surface area contributed by atoms with Crippen LogP contribution in [0.5, 0.6) is 17.2 Å². The average molecular weight is 513 g/mol. The lowest BCUT2D eigenvalue weighted by molar-refractivity contribution is -0.132. The van der Waals surface area contributed by atoms with Crippen molar-refractivity contribution >= 4 is 23.6 Å². The number of aliphatic hydroxyl groups is 1. The number of halogens is 1. The number of carbonyl (C=O) groups excluding carboxylic acids is 2. The first-order chi connectivity index (χ1) is 17.3. The van der Waals surface area contributed by atoms with Crippen LogP contribution in [0.1, 0.15) is 17.5 Å². The lowest BCUT2D eigenvalue weighted by Crippen LogP contribution is -2.32. The number of amides is 2. The van der Waals surface area contributed by atoms with Crippen LogP contribution in [0.25, 0.3) is 11.1 Å². The van der Waals surface area contributed by atoms with Crippen LogP contribution in [0.2, 0.25) is 5.02 Å². The molecule has 3 N–H and O–H groups in total. The fraction of sp³-hybridized carbons (Fsp3) is 0.259. The summed E-state index contributed by atoms with van der Waals surface area (Å²) in [5, 5.41) is 9.65. The van der Waals surface area contributed by atoms with Crippen LogP contribution in [0.3, 0.4) is 0 Å². The highest BCUT2D eigenvalue weighted by molar-refractivity contribution is 6.32. The molecule has 0 unspecified atom stereocenters. The molecule has 0 saturated carbocycles. The number of hydrogen-bond acceptors (Lipinski definition) is 6. The van der Waals surface area contributed by atoms with Gasteiger partial charge in [-0.1, -0.05) is 54.1 Å². The normalized spacial score (nSPS) is 10.6. The van der Waals surface area contributed by atoms with Gasteiger partial charge >= 0.3 is 6.09 Å². The van der Waals surface area contributed by atoms with E-state index in [0.29, 0.717) is 42.2 Å². The van der Waals surface area contributed by atoms with E-state index in [1.165, 1.54) is 7.11 Å². The predicted octanol–water partition coefficient (Wildman–Crippen LogP) is 4.44. The third kappa shape index (κ3) is 7.13. The summed E-state index contributed by atoms with van der Waals surface area (Å²) in [6, 6.07) is 18.3. The molecule has 0 heterocycles. The van der Waals surface area contributed by atoms with E-state index in [4.69, 9.17) is 31.5 Å². The number of ether oxygens (including phenoxy) is 3. The molecule has 3 rings (SSSR count). The van der Waals surface area contributed by atoms with E-state index in [-0.39, 0.29) is 24.1 Å². The highest BCUT2D eigenvalue weighted by atomic mass is 35.5. The maximum absolute atomic E-state index is 12.5. The first-order valence-corrected chi connectivity index (χ1v) is 11.7. The molecule has 8 nitrogen and oxygen atoms in total. The second-order valence-electron chi connectivity index (χ2n) is 8.08. The van der Waals surface area contributed by atoms with Crippen LogP contribution >= 0.6 is 11.6 Å². The van der Waals surface area contributed by atoms with Crippen LogP contribution in [0, 0.1) is 0 Å². The van der Waals surface area contributed by atoms with Crippen molar-refractivity contribution in [3.63, 3.8) is 0 Å². The minimum atomic E-state index is -0.876. The summed E-state index contributed by atoms with van der Waals surface area (Å²) in [4.78, 5) is 25.5. The van der Waals surface area contributed by atoms with Gasteiger partial charge in [0.2, 0.25) is 0 Å². The predicted molar refractivity (Wildman–Crippen MR) is 137 cm³/mol. The van der Waals surface area contributed by atoms with Gasteiger partial charge in [0.25, 0.3) is 5.91 Å².